The highest BCUT2D eigenvalue weighted by molar-refractivity contribution is 5.41. The van der Waals surface area contributed by atoms with E-state index in [1.54, 1.807) is 4.68 Å². The van der Waals surface area contributed by atoms with Crippen LogP contribution < -0.4 is 10.2 Å². The second-order valence-corrected chi connectivity index (χ2v) is 5.73. The maximum Gasteiger partial charge on any atom is 0.227 e. The highest BCUT2D eigenvalue weighted by Crippen LogP contribution is 2.13. The van der Waals surface area contributed by atoms with Gasteiger partial charge in [-0.3, -0.25) is 9.58 Å². The molecule has 3 heterocycles. The lowest BCUT2D eigenvalue weighted by Gasteiger charge is -2.34. The Hall–Kier alpha value is -2.22. The summed E-state index contributed by atoms with van der Waals surface area (Å²) in [5, 5.41) is 11.3. The Morgan fingerprint density at radius 2 is 2.04 bits per heavy atom. The SMILES string of the molecule is CCNc1ccnc(N2CCN(CCc3cn(C)nn3)CC2)n1. The Balaban J connectivity index is 1.49. The monoisotopic (exact) mass is 316 g/mol. The van der Waals surface area contributed by atoms with E-state index in [9.17, 15) is 0 Å². The zero-order valence-electron chi connectivity index (χ0n) is 13.8. The molecule has 1 fully saturated rings. The van der Waals surface area contributed by atoms with Crippen LogP contribution in [0.4, 0.5) is 11.8 Å². The van der Waals surface area contributed by atoms with Crippen LogP contribution in [0.1, 0.15) is 12.6 Å². The van der Waals surface area contributed by atoms with Crippen LogP contribution in [0.25, 0.3) is 0 Å². The molecule has 124 valence electrons. The van der Waals surface area contributed by atoms with Gasteiger partial charge in [0, 0.05) is 65.1 Å². The van der Waals surface area contributed by atoms with E-state index in [-0.39, 0.29) is 0 Å². The quantitative estimate of drug-likeness (QED) is 0.827. The Morgan fingerprint density at radius 3 is 2.74 bits per heavy atom. The van der Waals surface area contributed by atoms with Gasteiger partial charge in [0.2, 0.25) is 5.95 Å². The molecule has 23 heavy (non-hydrogen) atoms. The molecular formula is C15H24N8. The summed E-state index contributed by atoms with van der Waals surface area (Å²) in [6.45, 7) is 7.91. The second-order valence-electron chi connectivity index (χ2n) is 5.73. The van der Waals surface area contributed by atoms with Gasteiger partial charge in [-0.2, -0.15) is 4.98 Å². The van der Waals surface area contributed by atoms with Gasteiger partial charge >= 0.3 is 0 Å². The summed E-state index contributed by atoms with van der Waals surface area (Å²) in [5.74, 6) is 1.71. The van der Waals surface area contributed by atoms with Crippen LogP contribution in [0.2, 0.25) is 0 Å². The Kier molecular flexibility index (Phi) is 5.02. The number of piperazine rings is 1. The summed E-state index contributed by atoms with van der Waals surface area (Å²) in [5.41, 5.74) is 1.05. The third kappa shape index (κ3) is 4.16. The average molecular weight is 316 g/mol. The number of aryl methyl sites for hydroxylation is 1. The summed E-state index contributed by atoms with van der Waals surface area (Å²) in [7, 11) is 1.90. The first kappa shape index (κ1) is 15.7. The molecule has 1 N–H and O–H groups in total. The van der Waals surface area contributed by atoms with E-state index >= 15 is 0 Å². The van der Waals surface area contributed by atoms with Gasteiger partial charge in [0.1, 0.15) is 5.82 Å². The molecule has 0 aromatic carbocycles. The molecule has 2 aromatic heterocycles. The first-order chi connectivity index (χ1) is 11.2. The van der Waals surface area contributed by atoms with Crippen molar-refractivity contribution in [1.29, 1.82) is 0 Å². The molecule has 0 saturated carbocycles. The van der Waals surface area contributed by atoms with Crippen molar-refractivity contribution in [3.8, 4) is 0 Å². The number of nitrogens with zero attached hydrogens (tertiary/aromatic N) is 7. The summed E-state index contributed by atoms with van der Waals surface area (Å²) in [4.78, 5) is 13.7. The van der Waals surface area contributed by atoms with Crippen molar-refractivity contribution in [1.82, 2.24) is 29.9 Å². The molecule has 1 saturated heterocycles. The third-order valence-electron chi connectivity index (χ3n) is 3.99. The fourth-order valence-electron chi connectivity index (χ4n) is 2.73. The lowest BCUT2D eigenvalue weighted by molar-refractivity contribution is 0.259. The van der Waals surface area contributed by atoms with E-state index in [0.717, 1.165) is 63.1 Å². The van der Waals surface area contributed by atoms with Crippen molar-refractivity contribution >= 4 is 11.8 Å². The first-order valence-corrected chi connectivity index (χ1v) is 8.14. The van der Waals surface area contributed by atoms with E-state index in [0.29, 0.717) is 0 Å². The number of aromatic nitrogens is 5. The number of nitrogens with one attached hydrogen (secondary N) is 1. The van der Waals surface area contributed by atoms with Gasteiger partial charge in [0.25, 0.3) is 0 Å². The van der Waals surface area contributed by atoms with Crippen molar-refractivity contribution in [3.63, 3.8) is 0 Å². The summed E-state index contributed by atoms with van der Waals surface area (Å²) < 4.78 is 1.75. The molecule has 0 atom stereocenters. The average Bonchev–Trinajstić information content (AvgIpc) is 3.00. The predicted octanol–water partition coefficient (Wildman–Crippen LogP) is 0.402. The Bertz CT molecular complexity index is 617. The van der Waals surface area contributed by atoms with E-state index < -0.39 is 0 Å². The number of rotatable bonds is 6. The molecule has 0 amide bonds. The molecule has 3 rings (SSSR count). The number of hydrogen-bond acceptors (Lipinski definition) is 7. The van der Waals surface area contributed by atoms with Crippen LogP contribution in [0.5, 0.6) is 0 Å². The Labute approximate surface area is 136 Å². The minimum atomic E-state index is 0.817. The fraction of sp³-hybridized carbons (Fsp3) is 0.600. The second kappa shape index (κ2) is 7.36. The van der Waals surface area contributed by atoms with Crippen LogP contribution in [-0.4, -0.2) is 69.1 Å². The standard InChI is InChI=1S/C15H24N8/c1-3-16-14-4-6-17-15(18-14)23-10-8-22(9-11-23)7-5-13-12-21(2)20-19-13/h4,6,12H,3,5,7-11H2,1-2H3,(H,16,17,18). The van der Waals surface area contributed by atoms with Crippen molar-refractivity contribution in [2.24, 2.45) is 7.05 Å². The molecule has 0 unspecified atom stereocenters. The van der Waals surface area contributed by atoms with Gasteiger partial charge in [-0.15, -0.1) is 5.10 Å². The van der Waals surface area contributed by atoms with E-state index in [1.807, 2.05) is 25.5 Å². The highest BCUT2D eigenvalue weighted by atomic mass is 15.4. The van der Waals surface area contributed by atoms with E-state index in [4.69, 9.17) is 0 Å². The molecule has 0 aliphatic carbocycles. The summed E-state index contributed by atoms with van der Waals surface area (Å²) >= 11 is 0. The topological polar surface area (TPSA) is 75.0 Å². The van der Waals surface area contributed by atoms with Crippen LogP contribution in [0.15, 0.2) is 18.5 Å². The van der Waals surface area contributed by atoms with Gasteiger partial charge in [-0.25, -0.2) is 4.98 Å². The van der Waals surface area contributed by atoms with Crippen LogP contribution in [0, 0.1) is 0 Å². The molecule has 0 radical (unpaired) electrons. The highest BCUT2D eigenvalue weighted by Gasteiger charge is 2.19. The normalized spacial score (nSPS) is 15.8. The summed E-state index contributed by atoms with van der Waals surface area (Å²) in [6, 6.07) is 1.91. The van der Waals surface area contributed by atoms with Gasteiger partial charge in [0.05, 0.1) is 5.69 Å². The number of anilines is 2. The van der Waals surface area contributed by atoms with Gasteiger partial charge < -0.3 is 10.2 Å². The van der Waals surface area contributed by atoms with Crippen molar-refractivity contribution in [2.45, 2.75) is 13.3 Å². The lowest BCUT2D eigenvalue weighted by atomic mass is 10.2. The molecule has 0 bridgehead atoms. The molecule has 8 heteroatoms. The van der Waals surface area contributed by atoms with E-state index in [1.165, 1.54) is 0 Å². The smallest absolute Gasteiger partial charge is 0.227 e. The minimum Gasteiger partial charge on any atom is -0.370 e. The van der Waals surface area contributed by atoms with Gasteiger partial charge in [0.15, 0.2) is 0 Å². The summed E-state index contributed by atoms with van der Waals surface area (Å²) in [6.07, 6.45) is 4.75. The molecule has 8 nitrogen and oxygen atoms in total. The first-order valence-electron chi connectivity index (χ1n) is 8.14. The zero-order valence-corrected chi connectivity index (χ0v) is 13.8. The van der Waals surface area contributed by atoms with Crippen LogP contribution in [-0.2, 0) is 13.5 Å². The predicted molar refractivity (Wildman–Crippen MR) is 89.6 cm³/mol. The maximum absolute atomic E-state index is 4.57. The number of hydrogen-bond donors (Lipinski definition) is 1. The largest absolute Gasteiger partial charge is 0.370 e. The molecular weight excluding hydrogens is 292 g/mol. The zero-order chi connectivity index (χ0) is 16.1. The molecule has 2 aromatic rings. The lowest BCUT2D eigenvalue weighted by Crippen LogP contribution is -2.47. The molecule has 0 spiro atoms. The van der Waals surface area contributed by atoms with E-state index in [2.05, 4.69) is 42.3 Å². The van der Waals surface area contributed by atoms with Gasteiger partial charge in [-0.05, 0) is 13.0 Å². The van der Waals surface area contributed by atoms with Crippen molar-refractivity contribution in [2.75, 3.05) is 49.5 Å². The fourth-order valence-corrected chi connectivity index (χ4v) is 2.73. The van der Waals surface area contributed by atoms with Crippen LogP contribution in [0.3, 0.4) is 0 Å². The van der Waals surface area contributed by atoms with Crippen molar-refractivity contribution in [3.05, 3.63) is 24.2 Å². The van der Waals surface area contributed by atoms with Crippen LogP contribution >= 0.6 is 0 Å². The third-order valence-corrected chi connectivity index (χ3v) is 3.99. The molecule has 1 aliphatic heterocycles. The molecule has 1 aliphatic rings. The minimum absolute atomic E-state index is 0.817. The van der Waals surface area contributed by atoms with Gasteiger partial charge in [-0.1, -0.05) is 5.21 Å². The maximum atomic E-state index is 4.57. The Morgan fingerprint density at radius 1 is 1.22 bits per heavy atom. The van der Waals surface area contributed by atoms with Crippen molar-refractivity contribution < 1.29 is 0 Å².